The van der Waals surface area contributed by atoms with Crippen molar-refractivity contribution in [2.75, 3.05) is 5.32 Å². The van der Waals surface area contributed by atoms with Gasteiger partial charge in [0.1, 0.15) is 5.82 Å². The van der Waals surface area contributed by atoms with Crippen molar-refractivity contribution in [3.63, 3.8) is 0 Å². The molecule has 0 bridgehead atoms. The van der Waals surface area contributed by atoms with E-state index >= 15 is 0 Å². The van der Waals surface area contributed by atoms with Gasteiger partial charge in [-0.05, 0) is 43.4 Å². The Morgan fingerprint density at radius 3 is 2.75 bits per heavy atom. The number of hydrogen-bond donors (Lipinski definition) is 3. The van der Waals surface area contributed by atoms with E-state index in [0.717, 1.165) is 18.4 Å². The number of anilines is 1. The summed E-state index contributed by atoms with van der Waals surface area (Å²) in [6.45, 7) is 1.75. The normalized spacial score (nSPS) is 15.5. The molecule has 1 aromatic carbocycles. The molecule has 1 atom stereocenters. The third-order valence-corrected chi connectivity index (χ3v) is 3.35. The van der Waals surface area contributed by atoms with Crippen LogP contribution >= 0.6 is 0 Å². The number of nitrogens with one attached hydrogen (secondary N) is 2. The second kappa shape index (κ2) is 5.90. The van der Waals surface area contributed by atoms with Gasteiger partial charge >= 0.3 is 12.0 Å². The topological polar surface area (TPSA) is 78.4 Å². The maximum atomic E-state index is 13.1. The number of halogens is 1. The smallest absolute Gasteiger partial charge is 0.319 e. The van der Waals surface area contributed by atoms with Crippen LogP contribution in [0.1, 0.15) is 24.8 Å². The number of benzene rings is 1. The summed E-state index contributed by atoms with van der Waals surface area (Å²) in [7, 11) is 0. The van der Waals surface area contributed by atoms with Crippen LogP contribution < -0.4 is 10.6 Å². The lowest BCUT2D eigenvalue weighted by molar-refractivity contribution is -0.137. The molecule has 0 spiro atoms. The van der Waals surface area contributed by atoms with Gasteiger partial charge in [0.2, 0.25) is 0 Å². The van der Waals surface area contributed by atoms with Crippen molar-refractivity contribution in [2.24, 2.45) is 5.92 Å². The van der Waals surface area contributed by atoms with Crippen LogP contribution in [0.5, 0.6) is 0 Å². The number of carbonyl (C=O) groups excluding carboxylic acids is 1. The molecule has 0 heterocycles. The van der Waals surface area contributed by atoms with E-state index in [0.29, 0.717) is 5.69 Å². The second-order valence-corrected chi connectivity index (χ2v) is 5.10. The quantitative estimate of drug-likeness (QED) is 0.775. The zero-order chi connectivity index (χ0) is 14.7. The van der Waals surface area contributed by atoms with Crippen LogP contribution in [-0.2, 0) is 4.79 Å². The number of hydrogen-bond acceptors (Lipinski definition) is 2. The van der Waals surface area contributed by atoms with E-state index in [2.05, 4.69) is 10.6 Å². The van der Waals surface area contributed by atoms with Crippen LogP contribution in [-0.4, -0.2) is 23.1 Å². The van der Waals surface area contributed by atoms with Crippen molar-refractivity contribution in [3.8, 4) is 0 Å². The van der Waals surface area contributed by atoms with Crippen LogP contribution in [0.15, 0.2) is 18.2 Å². The predicted molar refractivity (Wildman–Crippen MR) is 72.1 cm³/mol. The lowest BCUT2D eigenvalue weighted by atomic mass is 10.1. The molecule has 108 valence electrons. The number of aryl methyl sites for hydroxylation is 1. The first kappa shape index (κ1) is 14.3. The Bertz CT molecular complexity index is 529. The molecular formula is C14H17FN2O3. The number of aliphatic carboxylic acids is 1. The van der Waals surface area contributed by atoms with Gasteiger partial charge in [-0.2, -0.15) is 0 Å². The fourth-order valence-corrected chi connectivity index (χ4v) is 2.08. The SMILES string of the molecule is Cc1ccc(F)cc1NC(=O)NC(CC(=O)O)C1CC1. The van der Waals surface area contributed by atoms with Crippen LogP contribution in [0.25, 0.3) is 0 Å². The third-order valence-electron chi connectivity index (χ3n) is 3.35. The lowest BCUT2D eigenvalue weighted by Crippen LogP contribution is -2.40. The van der Waals surface area contributed by atoms with Crippen LogP contribution in [0.3, 0.4) is 0 Å². The van der Waals surface area contributed by atoms with Crippen LogP contribution in [0.4, 0.5) is 14.9 Å². The van der Waals surface area contributed by atoms with Gasteiger partial charge in [-0.3, -0.25) is 4.79 Å². The molecule has 2 rings (SSSR count). The molecule has 6 heteroatoms. The van der Waals surface area contributed by atoms with Crippen molar-refractivity contribution in [2.45, 2.75) is 32.2 Å². The Balaban J connectivity index is 1.96. The minimum absolute atomic E-state index is 0.0970. The largest absolute Gasteiger partial charge is 0.481 e. The van der Waals surface area contributed by atoms with Crippen LogP contribution in [0.2, 0.25) is 0 Å². The molecule has 0 aliphatic heterocycles. The van der Waals surface area contributed by atoms with Gasteiger partial charge in [0.05, 0.1) is 6.42 Å². The number of carboxylic acid groups (broad SMARTS) is 1. The lowest BCUT2D eigenvalue weighted by Gasteiger charge is -2.17. The molecule has 1 aliphatic rings. The van der Waals surface area contributed by atoms with Crippen molar-refractivity contribution in [1.29, 1.82) is 0 Å². The summed E-state index contributed by atoms with van der Waals surface area (Å²) in [5.74, 6) is -1.15. The summed E-state index contributed by atoms with van der Waals surface area (Å²) in [5.41, 5.74) is 1.12. The number of carbonyl (C=O) groups is 2. The van der Waals surface area contributed by atoms with E-state index in [1.165, 1.54) is 12.1 Å². The Morgan fingerprint density at radius 2 is 2.15 bits per heavy atom. The minimum atomic E-state index is -0.941. The molecule has 0 aromatic heterocycles. The summed E-state index contributed by atoms with van der Waals surface area (Å²) in [5, 5.41) is 14.0. The van der Waals surface area contributed by atoms with Gasteiger partial charge in [-0.25, -0.2) is 9.18 Å². The van der Waals surface area contributed by atoms with E-state index in [-0.39, 0.29) is 18.4 Å². The summed E-state index contributed by atoms with van der Waals surface area (Å²) >= 11 is 0. The third kappa shape index (κ3) is 3.94. The highest BCUT2D eigenvalue weighted by molar-refractivity contribution is 5.90. The molecule has 1 aliphatic carbocycles. The minimum Gasteiger partial charge on any atom is -0.481 e. The standard InChI is InChI=1S/C14H17FN2O3/c1-8-2-5-10(15)6-11(8)16-14(20)17-12(7-13(18)19)9-3-4-9/h2,5-6,9,12H,3-4,7H2,1H3,(H,18,19)(H2,16,17,20). The average molecular weight is 280 g/mol. The summed E-state index contributed by atoms with van der Waals surface area (Å²) in [6, 6.07) is 3.24. The highest BCUT2D eigenvalue weighted by Crippen LogP contribution is 2.34. The Morgan fingerprint density at radius 1 is 1.45 bits per heavy atom. The molecule has 5 nitrogen and oxygen atoms in total. The fraction of sp³-hybridized carbons (Fsp3) is 0.429. The maximum Gasteiger partial charge on any atom is 0.319 e. The molecule has 1 unspecified atom stereocenters. The summed E-state index contributed by atoms with van der Waals surface area (Å²) in [6.07, 6.45) is 1.76. The highest BCUT2D eigenvalue weighted by Gasteiger charge is 2.33. The summed E-state index contributed by atoms with van der Waals surface area (Å²) in [4.78, 5) is 22.6. The molecule has 20 heavy (non-hydrogen) atoms. The molecule has 1 fully saturated rings. The number of urea groups is 1. The first-order chi connectivity index (χ1) is 9.45. The summed E-state index contributed by atoms with van der Waals surface area (Å²) < 4.78 is 13.1. The van der Waals surface area contributed by atoms with Crippen LogP contribution in [0, 0.1) is 18.7 Å². The highest BCUT2D eigenvalue weighted by atomic mass is 19.1. The maximum absolute atomic E-state index is 13.1. The molecule has 0 radical (unpaired) electrons. The van der Waals surface area contributed by atoms with Crippen molar-refractivity contribution in [3.05, 3.63) is 29.6 Å². The van der Waals surface area contributed by atoms with Gasteiger partial charge < -0.3 is 15.7 Å². The van der Waals surface area contributed by atoms with E-state index in [9.17, 15) is 14.0 Å². The van der Waals surface area contributed by atoms with E-state index in [1.807, 2.05) is 0 Å². The molecule has 3 N–H and O–H groups in total. The Labute approximate surface area is 116 Å². The Kier molecular flexibility index (Phi) is 4.22. The fourth-order valence-electron chi connectivity index (χ4n) is 2.08. The first-order valence-electron chi connectivity index (χ1n) is 6.51. The molecule has 2 amide bonds. The molecular weight excluding hydrogens is 263 g/mol. The molecule has 1 saturated carbocycles. The van der Waals surface area contributed by atoms with E-state index in [4.69, 9.17) is 5.11 Å². The van der Waals surface area contributed by atoms with Gasteiger partial charge in [0.15, 0.2) is 0 Å². The second-order valence-electron chi connectivity index (χ2n) is 5.10. The predicted octanol–water partition coefficient (Wildman–Crippen LogP) is 2.51. The van der Waals surface area contributed by atoms with E-state index < -0.39 is 17.8 Å². The number of carboxylic acids is 1. The van der Waals surface area contributed by atoms with Crippen molar-refractivity contribution >= 4 is 17.7 Å². The number of amides is 2. The number of rotatable bonds is 5. The van der Waals surface area contributed by atoms with Crippen molar-refractivity contribution in [1.82, 2.24) is 5.32 Å². The van der Waals surface area contributed by atoms with Crippen molar-refractivity contribution < 1.29 is 19.1 Å². The monoisotopic (exact) mass is 280 g/mol. The van der Waals surface area contributed by atoms with Gasteiger partial charge in [0.25, 0.3) is 0 Å². The molecule has 0 saturated heterocycles. The van der Waals surface area contributed by atoms with Gasteiger partial charge in [0, 0.05) is 11.7 Å². The Hall–Kier alpha value is -2.11. The zero-order valence-electron chi connectivity index (χ0n) is 11.1. The first-order valence-corrected chi connectivity index (χ1v) is 6.51. The van der Waals surface area contributed by atoms with Gasteiger partial charge in [-0.1, -0.05) is 6.07 Å². The zero-order valence-corrected chi connectivity index (χ0v) is 11.1. The van der Waals surface area contributed by atoms with Gasteiger partial charge in [-0.15, -0.1) is 0 Å². The molecule has 1 aromatic rings. The average Bonchev–Trinajstić information content (AvgIpc) is 3.16. The van der Waals surface area contributed by atoms with E-state index in [1.54, 1.807) is 13.0 Å².